The van der Waals surface area contributed by atoms with Gasteiger partial charge in [0.1, 0.15) is 0 Å². The molecule has 0 aliphatic rings. The quantitative estimate of drug-likeness (QED) is 0.765. The molecule has 0 saturated heterocycles. The zero-order valence-electron chi connectivity index (χ0n) is 9.01. The van der Waals surface area contributed by atoms with E-state index < -0.39 is 0 Å². The molecule has 82 valence electrons. The second-order valence-electron chi connectivity index (χ2n) is 3.78. The van der Waals surface area contributed by atoms with Gasteiger partial charge in [-0.25, -0.2) is 0 Å². The van der Waals surface area contributed by atoms with Gasteiger partial charge in [0, 0.05) is 0 Å². The minimum absolute atomic E-state index is 0.0522. The highest BCUT2D eigenvalue weighted by Gasteiger charge is 2.09. The monoisotopic (exact) mass is 213 g/mol. The smallest absolute Gasteiger partial charge is 0.0609 e. The first-order chi connectivity index (χ1) is 7.90. The van der Waals surface area contributed by atoms with E-state index >= 15 is 0 Å². The molecule has 2 nitrogen and oxygen atoms in total. The molecule has 0 aliphatic heterocycles. The molecule has 0 spiro atoms. The minimum Gasteiger partial charge on any atom is -0.316 e. The summed E-state index contributed by atoms with van der Waals surface area (Å²) in [5, 5.41) is 9.19. The zero-order chi connectivity index (χ0) is 11.2. The van der Waals surface area contributed by atoms with Crippen molar-refractivity contribution in [2.24, 2.45) is 0 Å². The van der Waals surface area contributed by atoms with Crippen LogP contribution < -0.4 is 5.48 Å². The van der Waals surface area contributed by atoms with Crippen molar-refractivity contribution < 1.29 is 5.21 Å². The van der Waals surface area contributed by atoms with Crippen molar-refractivity contribution in [3.63, 3.8) is 0 Å². The van der Waals surface area contributed by atoms with E-state index in [1.807, 2.05) is 48.5 Å². The maximum absolute atomic E-state index is 9.19. The van der Waals surface area contributed by atoms with Gasteiger partial charge in [-0.15, -0.1) is 0 Å². The number of hydrogen-bond acceptors (Lipinski definition) is 2. The zero-order valence-corrected chi connectivity index (χ0v) is 9.01. The summed E-state index contributed by atoms with van der Waals surface area (Å²) in [6.45, 7) is 0. The van der Waals surface area contributed by atoms with Gasteiger partial charge >= 0.3 is 0 Å². The van der Waals surface area contributed by atoms with Crippen LogP contribution in [0, 0.1) is 0 Å². The van der Waals surface area contributed by atoms with E-state index in [9.17, 15) is 5.21 Å². The number of hydroxylamine groups is 1. The predicted molar refractivity (Wildman–Crippen MR) is 64.3 cm³/mol. The third kappa shape index (κ3) is 2.69. The number of nitrogens with one attached hydrogen (secondary N) is 1. The van der Waals surface area contributed by atoms with Crippen LogP contribution in [0.1, 0.15) is 17.2 Å². The van der Waals surface area contributed by atoms with Crippen LogP contribution in [-0.2, 0) is 6.42 Å². The minimum atomic E-state index is -0.0522. The Morgan fingerprint density at radius 3 is 2.00 bits per heavy atom. The Balaban J connectivity index is 2.13. The van der Waals surface area contributed by atoms with Crippen LogP contribution >= 0.6 is 0 Å². The summed E-state index contributed by atoms with van der Waals surface area (Å²) in [5.41, 5.74) is 4.66. The number of rotatable bonds is 4. The molecule has 2 rings (SSSR count). The summed E-state index contributed by atoms with van der Waals surface area (Å²) in [6, 6.07) is 20.0. The van der Waals surface area contributed by atoms with Crippen LogP contribution in [-0.4, -0.2) is 5.21 Å². The molecule has 0 bridgehead atoms. The van der Waals surface area contributed by atoms with Gasteiger partial charge < -0.3 is 5.21 Å². The van der Waals surface area contributed by atoms with Crippen molar-refractivity contribution in [3.05, 3.63) is 71.8 Å². The van der Waals surface area contributed by atoms with Crippen LogP contribution in [0.25, 0.3) is 0 Å². The Morgan fingerprint density at radius 2 is 1.44 bits per heavy atom. The van der Waals surface area contributed by atoms with E-state index in [4.69, 9.17) is 0 Å². The molecule has 0 fully saturated rings. The summed E-state index contributed by atoms with van der Waals surface area (Å²) in [7, 11) is 0. The van der Waals surface area contributed by atoms with Gasteiger partial charge in [0.25, 0.3) is 0 Å². The molecule has 2 aromatic carbocycles. The SMILES string of the molecule is ON[C@@H](Cc1ccccc1)c1ccccc1. The van der Waals surface area contributed by atoms with E-state index in [2.05, 4.69) is 17.6 Å². The van der Waals surface area contributed by atoms with Crippen LogP contribution in [0.3, 0.4) is 0 Å². The van der Waals surface area contributed by atoms with Crippen LogP contribution in [0.5, 0.6) is 0 Å². The molecule has 16 heavy (non-hydrogen) atoms. The van der Waals surface area contributed by atoms with Gasteiger partial charge in [0.2, 0.25) is 0 Å². The standard InChI is InChI=1S/C14H15NO/c16-15-14(13-9-5-2-6-10-13)11-12-7-3-1-4-8-12/h1-10,14-16H,11H2/t14-/m0/s1. The Hall–Kier alpha value is -1.64. The lowest BCUT2D eigenvalue weighted by atomic mass is 10.00. The lowest BCUT2D eigenvalue weighted by molar-refractivity contribution is 0.126. The number of benzene rings is 2. The molecular weight excluding hydrogens is 198 g/mol. The van der Waals surface area contributed by atoms with Gasteiger partial charge in [-0.1, -0.05) is 60.7 Å². The molecular formula is C14H15NO. The van der Waals surface area contributed by atoms with Gasteiger partial charge in [-0.05, 0) is 17.5 Å². The van der Waals surface area contributed by atoms with Crippen molar-refractivity contribution in [1.29, 1.82) is 0 Å². The van der Waals surface area contributed by atoms with Gasteiger partial charge in [0.15, 0.2) is 0 Å². The topological polar surface area (TPSA) is 32.3 Å². The van der Waals surface area contributed by atoms with Crippen molar-refractivity contribution in [3.8, 4) is 0 Å². The maximum Gasteiger partial charge on any atom is 0.0609 e. The summed E-state index contributed by atoms with van der Waals surface area (Å²) in [4.78, 5) is 0. The van der Waals surface area contributed by atoms with Crippen LogP contribution in [0.4, 0.5) is 0 Å². The lowest BCUT2D eigenvalue weighted by Crippen LogP contribution is -2.19. The fourth-order valence-corrected chi connectivity index (χ4v) is 1.77. The van der Waals surface area contributed by atoms with Crippen molar-refractivity contribution in [1.82, 2.24) is 5.48 Å². The van der Waals surface area contributed by atoms with E-state index in [-0.39, 0.29) is 6.04 Å². The Bertz CT molecular complexity index is 413. The van der Waals surface area contributed by atoms with Gasteiger partial charge in [0.05, 0.1) is 6.04 Å². The van der Waals surface area contributed by atoms with Crippen LogP contribution in [0.15, 0.2) is 60.7 Å². The molecule has 1 atom stereocenters. The van der Waals surface area contributed by atoms with Crippen molar-refractivity contribution in [2.45, 2.75) is 12.5 Å². The summed E-state index contributed by atoms with van der Waals surface area (Å²) in [5.74, 6) is 0. The third-order valence-corrected chi connectivity index (χ3v) is 2.64. The molecule has 0 aromatic heterocycles. The fraction of sp³-hybridized carbons (Fsp3) is 0.143. The first kappa shape index (κ1) is 10.9. The second kappa shape index (κ2) is 5.45. The highest BCUT2D eigenvalue weighted by Crippen LogP contribution is 2.17. The average molecular weight is 213 g/mol. The molecule has 0 amide bonds. The highest BCUT2D eigenvalue weighted by molar-refractivity contribution is 5.23. The summed E-state index contributed by atoms with van der Waals surface area (Å²) in [6.07, 6.45) is 0.779. The van der Waals surface area contributed by atoms with E-state index in [1.165, 1.54) is 5.56 Å². The predicted octanol–water partition coefficient (Wildman–Crippen LogP) is 2.95. The molecule has 2 aromatic rings. The molecule has 0 aliphatic carbocycles. The summed E-state index contributed by atoms with van der Waals surface area (Å²) >= 11 is 0. The van der Waals surface area contributed by atoms with E-state index in [1.54, 1.807) is 0 Å². The summed E-state index contributed by atoms with van der Waals surface area (Å²) < 4.78 is 0. The fourth-order valence-electron chi connectivity index (χ4n) is 1.77. The Morgan fingerprint density at radius 1 is 0.875 bits per heavy atom. The van der Waals surface area contributed by atoms with E-state index in [0.29, 0.717) is 0 Å². The van der Waals surface area contributed by atoms with Crippen molar-refractivity contribution in [2.75, 3.05) is 0 Å². The molecule has 0 unspecified atom stereocenters. The highest BCUT2D eigenvalue weighted by atomic mass is 16.5. The second-order valence-corrected chi connectivity index (χ2v) is 3.78. The first-order valence-electron chi connectivity index (χ1n) is 5.38. The number of hydrogen-bond donors (Lipinski definition) is 2. The molecule has 0 radical (unpaired) electrons. The third-order valence-electron chi connectivity index (χ3n) is 2.64. The lowest BCUT2D eigenvalue weighted by Gasteiger charge is -2.15. The molecule has 0 saturated carbocycles. The maximum atomic E-state index is 9.19. The molecule has 0 heterocycles. The Kier molecular flexibility index (Phi) is 3.70. The molecule has 2 heteroatoms. The molecule has 2 N–H and O–H groups in total. The van der Waals surface area contributed by atoms with E-state index in [0.717, 1.165) is 12.0 Å². The van der Waals surface area contributed by atoms with Crippen molar-refractivity contribution >= 4 is 0 Å². The average Bonchev–Trinajstić information content (AvgIpc) is 2.38. The normalized spacial score (nSPS) is 12.3. The van der Waals surface area contributed by atoms with Crippen LogP contribution in [0.2, 0.25) is 0 Å². The Labute approximate surface area is 95.5 Å². The van der Waals surface area contributed by atoms with Gasteiger partial charge in [-0.2, -0.15) is 5.48 Å². The first-order valence-corrected chi connectivity index (χ1v) is 5.38. The van der Waals surface area contributed by atoms with Gasteiger partial charge in [-0.3, -0.25) is 0 Å². The largest absolute Gasteiger partial charge is 0.316 e.